The van der Waals surface area contributed by atoms with Crippen molar-refractivity contribution in [2.24, 2.45) is 11.7 Å². The summed E-state index contributed by atoms with van der Waals surface area (Å²) in [6, 6.07) is 1.13. The van der Waals surface area contributed by atoms with E-state index in [1.165, 1.54) is 44.9 Å². The zero-order valence-electron chi connectivity index (χ0n) is 10.3. The van der Waals surface area contributed by atoms with Gasteiger partial charge in [-0.2, -0.15) is 0 Å². The molecule has 3 heteroatoms. The van der Waals surface area contributed by atoms with Gasteiger partial charge in [-0.1, -0.05) is 19.3 Å². The fourth-order valence-corrected chi connectivity index (χ4v) is 3.41. The second kappa shape index (κ2) is 5.99. The van der Waals surface area contributed by atoms with Crippen LogP contribution in [-0.2, 0) is 0 Å². The van der Waals surface area contributed by atoms with E-state index < -0.39 is 0 Å². The molecule has 2 fully saturated rings. The Labute approximate surface area is 99.0 Å². The van der Waals surface area contributed by atoms with Gasteiger partial charge in [0.2, 0.25) is 0 Å². The van der Waals surface area contributed by atoms with Crippen LogP contribution in [0.15, 0.2) is 0 Å². The van der Waals surface area contributed by atoms with E-state index in [-0.39, 0.29) is 0 Å². The monoisotopic (exact) mass is 226 g/mol. The van der Waals surface area contributed by atoms with Gasteiger partial charge in [0.05, 0.1) is 6.61 Å². The molecule has 0 aromatic carbocycles. The van der Waals surface area contributed by atoms with Crippen LogP contribution in [0.3, 0.4) is 0 Å². The van der Waals surface area contributed by atoms with Gasteiger partial charge in [-0.05, 0) is 31.6 Å². The molecule has 0 spiro atoms. The minimum atomic E-state index is 0.290. The molecule has 0 amide bonds. The Morgan fingerprint density at radius 2 is 1.81 bits per heavy atom. The summed E-state index contributed by atoms with van der Waals surface area (Å²) >= 11 is 0. The Balaban J connectivity index is 1.85. The molecule has 2 rings (SSSR count). The maximum Gasteiger partial charge on any atom is 0.0558 e. The highest BCUT2D eigenvalue weighted by atomic mass is 16.3. The van der Waals surface area contributed by atoms with Crippen LogP contribution in [0.4, 0.5) is 0 Å². The van der Waals surface area contributed by atoms with E-state index in [1.54, 1.807) is 0 Å². The van der Waals surface area contributed by atoms with Gasteiger partial charge in [0.15, 0.2) is 0 Å². The molecular weight excluding hydrogens is 200 g/mol. The third-order valence-corrected chi connectivity index (χ3v) is 4.42. The molecule has 2 unspecified atom stereocenters. The number of rotatable bonds is 5. The highest BCUT2D eigenvalue weighted by molar-refractivity contribution is 4.86. The fraction of sp³-hybridized carbons (Fsp3) is 1.00. The van der Waals surface area contributed by atoms with E-state index in [1.807, 2.05) is 0 Å². The van der Waals surface area contributed by atoms with Gasteiger partial charge in [-0.3, -0.25) is 4.90 Å². The smallest absolute Gasteiger partial charge is 0.0558 e. The van der Waals surface area contributed by atoms with Crippen molar-refractivity contribution in [1.29, 1.82) is 0 Å². The summed E-state index contributed by atoms with van der Waals surface area (Å²) in [7, 11) is 0. The minimum absolute atomic E-state index is 0.290. The predicted octanol–water partition coefficient (Wildman–Crippen LogP) is 1.35. The van der Waals surface area contributed by atoms with Crippen LogP contribution in [-0.4, -0.2) is 41.8 Å². The largest absolute Gasteiger partial charge is 0.395 e. The second-order valence-electron chi connectivity index (χ2n) is 5.51. The molecule has 0 heterocycles. The van der Waals surface area contributed by atoms with E-state index in [4.69, 9.17) is 10.8 Å². The molecule has 0 aromatic rings. The Bertz CT molecular complexity index is 204. The summed E-state index contributed by atoms with van der Waals surface area (Å²) < 4.78 is 0. The molecule has 3 nitrogen and oxygen atoms in total. The highest BCUT2D eigenvalue weighted by Crippen LogP contribution is 2.29. The molecular formula is C13H26N2O. The molecule has 2 saturated carbocycles. The summed E-state index contributed by atoms with van der Waals surface area (Å²) in [6.45, 7) is 2.25. The van der Waals surface area contributed by atoms with E-state index in [9.17, 15) is 0 Å². The van der Waals surface area contributed by atoms with E-state index in [0.29, 0.717) is 18.6 Å². The van der Waals surface area contributed by atoms with Crippen LogP contribution in [0.5, 0.6) is 0 Å². The zero-order chi connectivity index (χ0) is 11.4. The lowest BCUT2D eigenvalue weighted by atomic mass is 10.0. The third-order valence-electron chi connectivity index (χ3n) is 4.42. The van der Waals surface area contributed by atoms with Crippen molar-refractivity contribution in [2.45, 2.75) is 57.0 Å². The van der Waals surface area contributed by atoms with Crippen LogP contribution in [0.25, 0.3) is 0 Å². The first-order valence-electron chi connectivity index (χ1n) is 6.91. The third kappa shape index (κ3) is 2.96. The maximum absolute atomic E-state index is 9.16. The molecule has 0 bridgehead atoms. The second-order valence-corrected chi connectivity index (χ2v) is 5.51. The van der Waals surface area contributed by atoms with Gasteiger partial charge >= 0.3 is 0 Å². The van der Waals surface area contributed by atoms with Gasteiger partial charge < -0.3 is 10.8 Å². The average molecular weight is 226 g/mol. The van der Waals surface area contributed by atoms with Gasteiger partial charge in [0.25, 0.3) is 0 Å². The van der Waals surface area contributed by atoms with Crippen LogP contribution >= 0.6 is 0 Å². The Kier molecular flexibility index (Phi) is 4.62. The number of aliphatic hydroxyl groups excluding tert-OH is 1. The molecule has 2 atom stereocenters. The van der Waals surface area contributed by atoms with Gasteiger partial charge in [-0.25, -0.2) is 0 Å². The fourth-order valence-electron chi connectivity index (χ4n) is 3.41. The molecule has 0 saturated heterocycles. The van der Waals surface area contributed by atoms with Crippen molar-refractivity contribution < 1.29 is 5.11 Å². The molecule has 2 aliphatic rings. The van der Waals surface area contributed by atoms with Gasteiger partial charge in [0.1, 0.15) is 0 Å². The number of hydrogen-bond acceptors (Lipinski definition) is 3. The summed E-state index contributed by atoms with van der Waals surface area (Å²) in [6.07, 6.45) is 9.15. The van der Waals surface area contributed by atoms with E-state index >= 15 is 0 Å². The molecule has 16 heavy (non-hydrogen) atoms. The molecule has 2 aliphatic carbocycles. The summed E-state index contributed by atoms with van der Waals surface area (Å²) in [4.78, 5) is 2.50. The lowest BCUT2D eigenvalue weighted by molar-refractivity contribution is 0.128. The molecule has 94 valence electrons. The van der Waals surface area contributed by atoms with Crippen LogP contribution in [0.1, 0.15) is 44.9 Å². The molecule has 0 radical (unpaired) electrons. The van der Waals surface area contributed by atoms with Crippen molar-refractivity contribution in [3.63, 3.8) is 0 Å². The summed E-state index contributed by atoms with van der Waals surface area (Å²) in [5.74, 6) is 0.673. The van der Waals surface area contributed by atoms with E-state index in [2.05, 4.69) is 4.90 Å². The Morgan fingerprint density at radius 1 is 1.06 bits per heavy atom. The molecule has 3 N–H and O–H groups in total. The first kappa shape index (κ1) is 12.3. The normalized spacial score (nSPS) is 31.7. The number of aliphatic hydroxyl groups is 1. The topological polar surface area (TPSA) is 49.5 Å². The number of nitrogens with zero attached hydrogens (tertiary/aromatic N) is 1. The van der Waals surface area contributed by atoms with Gasteiger partial charge in [-0.15, -0.1) is 0 Å². The van der Waals surface area contributed by atoms with Crippen molar-refractivity contribution in [1.82, 2.24) is 4.90 Å². The van der Waals surface area contributed by atoms with Crippen molar-refractivity contribution in [2.75, 3.05) is 19.7 Å². The van der Waals surface area contributed by atoms with E-state index in [0.717, 1.165) is 19.1 Å². The van der Waals surface area contributed by atoms with Crippen molar-refractivity contribution in [3.8, 4) is 0 Å². The van der Waals surface area contributed by atoms with Crippen molar-refractivity contribution >= 4 is 0 Å². The SMILES string of the molecule is NC1CCCC1CN(CCO)C1CCCC1. The minimum Gasteiger partial charge on any atom is -0.395 e. The lowest BCUT2D eigenvalue weighted by Crippen LogP contribution is -2.42. The highest BCUT2D eigenvalue weighted by Gasteiger charge is 2.29. The Hall–Kier alpha value is -0.120. The lowest BCUT2D eigenvalue weighted by Gasteiger charge is -2.31. The van der Waals surface area contributed by atoms with Gasteiger partial charge in [0, 0.05) is 25.2 Å². The Morgan fingerprint density at radius 3 is 2.38 bits per heavy atom. The molecule has 0 aromatic heterocycles. The van der Waals surface area contributed by atoms with Crippen molar-refractivity contribution in [3.05, 3.63) is 0 Å². The van der Waals surface area contributed by atoms with Crippen LogP contribution in [0.2, 0.25) is 0 Å². The molecule has 0 aliphatic heterocycles. The number of hydrogen-bond donors (Lipinski definition) is 2. The van der Waals surface area contributed by atoms with Crippen LogP contribution in [0, 0.1) is 5.92 Å². The number of nitrogens with two attached hydrogens (primary N) is 1. The summed E-state index contributed by atoms with van der Waals surface area (Å²) in [5.41, 5.74) is 6.13. The zero-order valence-corrected chi connectivity index (χ0v) is 10.3. The average Bonchev–Trinajstić information content (AvgIpc) is 2.90. The predicted molar refractivity (Wildman–Crippen MR) is 66.2 cm³/mol. The standard InChI is InChI=1S/C13H26N2O/c14-13-7-3-4-11(13)10-15(8-9-16)12-5-1-2-6-12/h11-13,16H,1-10,14H2. The maximum atomic E-state index is 9.16. The first-order valence-corrected chi connectivity index (χ1v) is 6.91. The summed E-state index contributed by atoms with van der Waals surface area (Å²) in [5, 5.41) is 9.16. The quantitative estimate of drug-likeness (QED) is 0.744. The van der Waals surface area contributed by atoms with Crippen LogP contribution < -0.4 is 5.73 Å². The first-order chi connectivity index (χ1) is 7.81.